The van der Waals surface area contributed by atoms with E-state index >= 15 is 0 Å². The first-order chi connectivity index (χ1) is 12.6. The van der Waals surface area contributed by atoms with Gasteiger partial charge in [0, 0.05) is 11.6 Å². The van der Waals surface area contributed by atoms with E-state index in [4.69, 9.17) is 16.3 Å². The first-order valence-corrected chi connectivity index (χ1v) is 9.07. The monoisotopic (exact) mass is 376 g/mol. The Labute approximate surface area is 157 Å². The molecule has 0 saturated carbocycles. The van der Waals surface area contributed by atoms with Crippen LogP contribution in [-0.2, 0) is 0 Å². The third kappa shape index (κ3) is 4.34. The zero-order valence-corrected chi connectivity index (χ0v) is 15.4. The molecule has 0 radical (unpaired) electrons. The highest BCUT2D eigenvalue weighted by atomic mass is 35.5. The van der Waals surface area contributed by atoms with E-state index in [-0.39, 0.29) is 11.6 Å². The molecule has 0 aliphatic carbocycles. The SMILES string of the molecule is COc1cccc([C@@H](CNC(=O)c2cc(Cl)ccc2F)N2CCCC2)c1. The summed E-state index contributed by atoms with van der Waals surface area (Å²) >= 11 is 5.89. The van der Waals surface area contributed by atoms with Gasteiger partial charge < -0.3 is 10.1 Å². The van der Waals surface area contributed by atoms with E-state index in [1.54, 1.807) is 7.11 Å². The molecule has 1 N–H and O–H groups in total. The zero-order chi connectivity index (χ0) is 18.5. The number of ether oxygens (including phenoxy) is 1. The Morgan fingerprint density at radius 2 is 2.04 bits per heavy atom. The Hall–Kier alpha value is -2.11. The zero-order valence-electron chi connectivity index (χ0n) is 14.7. The normalized spacial score (nSPS) is 15.7. The Morgan fingerprint density at radius 3 is 2.77 bits per heavy atom. The van der Waals surface area contributed by atoms with Crippen LogP contribution in [0.3, 0.4) is 0 Å². The average Bonchev–Trinajstić information content (AvgIpc) is 3.18. The number of carbonyl (C=O) groups excluding carboxylic acids is 1. The van der Waals surface area contributed by atoms with Crippen LogP contribution in [0.5, 0.6) is 5.75 Å². The Morgan fingerprint density at radius 1 is 1.27 bits per heavy atom. The molecular weight excluding hydrogens is 355 g/mol. The molecular formula is C20H22ClFN2O2. The van der Waals surface area contributed by atoms with Crippen LogP contribution in [0.15, 0.2) is 42.5 Å². The van der Waals surface area contributed by atoms with Crippen molar-refractivity contribution in [2.24, 2.45) is 0 Å². The van der Waals surface area contributed by atoms with Crippen LogP contribution in [-0.4, -0.2) is 37.6 Å². The summed E-state index contributed by atoms with van der Waals surface area (Å²) in [7, 11) is 1.63. The van der Waals surface area contributed by atoms with Crippen LogP contribution in [0.25, 0.3) is 0 Å². The molecule has 3 rings (SSSR count). The van der Waals surface area contributed by atoms with Crippen LogP contribution in [0.2, 0.25) is 5.02 Å². The first-order valence-electron chi connectivity index (χ1n) is 8.69. The molecule has 2 aromatic carbocycles. The van der Waals surface area contributed by atoms with Gasteiger partial charge in [-0.05, 0) is 61.8 Å². The highest BCUT2D eigenvalue weighted by molar-refractivity contribution is 6.31. The lowest BCUT2D eigenvalue weighted by Crippen LogP contribution is -2.37. The summed E-state index contributed by atoms with van der Waals surface area (Å²) in [5.74, 6) is -0.262. The molecule has 1 aliphatic heterocycles. The minimum atomic E-state index is -0.578. The summed E-state index contributed by atoms with van der Waals surface area (Å²) in [6.45, 7) is 2.34. The van der Waals surface area contributed by atoms with Crippen molar-refractivity contribution in [2.45, 2.75) is 18.9 Å². The number of hydrogen-bond acceptors (Lipinski definition) is 3. The molecule has 1 amide bonds. The van der Waals surface area contributed by atoms with Gasteiger partial charge in [-0.15, -0.1) is 0 Å². The standard InChI is InChI=1S/C20H22ClFN2O2/c1-26-16-6-4-5-14(11-16)19(24-9-2-3-10-24)13-23-20(25)17-12-15(21)7-8-18(17)22/h4-8,11-12,19H,2-3,9-10,13H2,1H3,(H,23,25)/t19-/m1/s1. The van der Waals surface area contributed by atoms with Crippen molar-refractivity contribution in [3.63, 3.8) is 0 Å². The van der Waals surface area contributed by atoms with Crippen molar-refractivity contribution >= 4 is 17.5 Å². The van der Waals surface area contributed by atoms with E-state index in [1.165, 1.54) is 18.2 Å². The molecule has 2 aromatic rings. The van der Waals surface area contributed by atoms with E-state index in [2.05, 4.69) is 10.2 Å². The predicted molar refractivity (Wildman–Crippen MR) is 100 cm³/mol. The molecule has 138 valence electrons. The van der Waals surface area contributed by atoms with E-state index in [0.717, 1.165) is 37.2 Å². The fourth-order valence-corrected chi connectivity index (χ4v) is 3.49. The van der Waals surface area contributed by atoms with Gasteiger partial charge in [-0.2, -0.15) is 0 Å². The van der Waals surface area contributed by atoms with Crippen molar-refractivity contribution in [1.29, 1.82) is 0 Å². The minimum Gasteiger partial charge on any atom is -0.497 e. The summed E-state index contributed by atoms with van der Waals surface area (Å²) in [4.78, 5) is 14.8. The maximum atomic E-state index is 13.9. The van der Waals surface area contributed by atoms with Crippen molar-refractivity contribution in [1.82, 2.24) is 10.2 Å². The van der Waals surface area contributed by atoms with Gasteiger partial charge in [0.1, 0.15) is 11.6 Å². The highest BCUT2D eigenvalue weighted by Gasteiger charge is 2.25. The fraction of sp³-hybridized carbons (Fsp3) is 0.350. The van der Waals surface area contributed by atoms with Crippen LogP contribution in [0, 0.1) is 5.82 Å². The molecule has 1 heterocycles. The molecule has 4 nitrogen and oxygen atoms in total. The maximum absolute atomic E-state index is 13.9. The van der Waals surface area contributed by atoms with Gasteiger partial charge in [-0.25, -0.2) is 4.39 Å². The minimum absolute atomic E-state index is 0.0128. The van der Waals surface area contributed by atoms with Crippen molar-refractivity contribution < 1.29 is 13.9 Å². The van der Waals surface area contributed by atoms with Crippen LogP contribution >= 0.6 is 11.6 Å². The molecule has 1 fully saturated rings. The van der Waals surface area contributed by atoms with E-state index in [9.17, 15) is 9.18 Å². The lowest BCUT2D eigenvalue weighted by molar-refractivity contribution is 0.0934. The second-order valence-electron chi connectivity index (χ2n) is 6.37. The Kier molecular flexibility index (Phi) is 6.12. The summed E-state index contributed by atoms with van der Waals surface area (Å²) in [6.07, 6.45) is 2.27. The van der Waals surface area contributed by atoms with E-state index in [1.807, 2.05) is 24.3 Å². The van der Waals surface area contributed by atoms with E-state index < -0.39 is 11.7 Å². The average molecular weight is 377 g/mol. The number of hydrogen-bond donors (Lipinski definition) is 1. The summed E-state index contributed by atoms with van der Waals surface area (Å²) in [6, 6.07) is 11.8. The second kappa shape index (κ2) is 8.52. The van der Waals surface area contributed by atoms with Gasteiger partial charge in [0.15, 0.2) is 0 Å². The highest BCUT2D eigenvalue weighted by Crippen LogP contribution is 2.27. The van der Waals surface area contributed by atoms with E-state index in [0.29, 0.717) is 11.6 Å². The quantitative estimate of drug-likeness (QED) is 0.826. The van der Waals surface area contributed by atoms with Gasteiger partial charge >= 0.3 is 0 Å². The number of halogens is 2. The number of nitrogens with one attached hydrogen (secondary N) is 1. The largest absolute Gasteiger partial charge is 0.497 e. The molecule has 0 spiro atoms. The molecule has 1 aliphatic rings. The number of nitrogens with zero attached hydrogens (tertiary/aromatic N) is 1. The molecule has 0 aromatic heterocycles. The Balaban J connectivity index is 1.77. The van der Waals surface area contributed by atoms with Gasteiger partial charge in [-0.1, -0.05) is 23.7 Å². The summed E-state index contributed by atoms with van der Waals surface area (Å²) < 4.78 is 19.2. The van der Waals surface area contributed by atoms with Crippen molar-refractivity contribution in [2.75, 3.05) is 26.7 Å². The van der Waals surface area contributed by atoms with Crippen LogP contribution in [0.1, 0.15) is 34.8 Å². The predicted octanol–water partition coefficient (Wildman–Crippen LogP) is 4.05. The fourth-order valence-electron chi connectivity index (χ4n) is 3.32. The molecule has 1 atom stereocenters. The van der Waals surface area contributed by atoms with Gasteiger partial charge in [0.05, 0.1) is 18.7 Å². The third-order valence-corrected chi connectivity index (χ3v) is 4.92. The number of carbonyl (C=O) groups is 1. The lowest BCUT2D eigenvalue weighted by atomic mass is 10.0. The Bertz CT molecular complexity index is 778. The van der Waals surface area contributed by atoms with Crippen LogP contribution in [0.4, 0.5) is 4.39 Å². The number of rotatable bonds is 6. The van der Waals surface area contributed by atoms with Gasteiger partial charge in [0.2, 0.25) is 0 Å². The molecule has 0 bridgehead atoms. The smallest absolute Gasteiger partial charge is 0.254 e. The van der Waals surface area contributed by atoms with Gasteiger partial charge in [-0.3, -0.25) is 9.69 Å². The topological polar surface area (TPSA) is 41.6 Å². The lowest BCUT2D eigenvalue weighted by Gasteiger charge is -2.28. The number of likely N-dealkylation sites (tertiary alicyclic amines) is 1. The number of benzene rings is 2. The number of methoxy groups -OCH3 is 1. The third-order valence-electron chi connectivity index (χ3n) is 4.69. The molecule has 0 unspecified atom stereocenters. The summed E-state index contributed by atoms with van der Waals surface area (Å²) in [5, 5.41) is 3.19. The molecule has 1 saturated heterocycles. The number of amides is 1. The van der Waals surface area contributed by atoms with Crippen molar-refractivity contribution in [3.05, 3.63) is 64.4 Å². The van der Waals surface area contributed by atoms with Gasteiger partial charge in [0.25, 0.3) is 5.91 Å². The molecule has 26 heavy (non-hydrogen) atoms. The second-order valence-corrected chi connectivity index (χ2v) is 6.81. The summed E-state index contributed by atoms with van der Waals surface area (Å²) in [5.41, 5.74) is 1.03. The van der Waals surface area contributed by atoms with Crippen molar-refractivity contribution in [3.8, 4) is 5.75 Å². The maximum Gasteiger partial charge on any atom is 0.254 e. The molecule has 6 heteroatoms. The van der Waals surface area contributed by atoms with Crippen LogP contribution < -0.4 is 10.1 Å². The first kappa shape index (κ1) is 18.7.